The first-order valence-corrected chi connectivity index (χ1v) is 7.36. The van der Waals surface area contributed by atoms with Gasteiger partial charge in [0.05, 0.1) is 0 Å². The molecule has 0 saturated carbocycles. The van der Waals surface area contributed by atoms with Gasteiger partial charge in [-0.25, -0.2) is 18.1 Å². The molecule has 0 aliphatic heterocycles. The summed E-state index contributed by atoms with van der Waals surface area (Å²) in [4.78, 5) is 7.72. The summed E-state index contributed by atoms with van der Waals surface area (Å²) in [7, 11) is -3.58. The van der Waals surface area contributed by atoms with Crippen LogP contribution in [0.1, 0.15) is 5.56 Å². The number of rotatable bonds is 4. The topological polar surface area (TPSA) is 72.0 Å². The Kier molecular flexibility index (Phi) is 4.05. The Balaban J connectivity index is 2.11. The van der Waals surface area contributed by atoms with Crippen molar-refractivity contribution in [3.05, 3.63) is 52.9 Å². The third-order valence-electron chi connectivity index (χ3n) is 2.19. The van der Waals surface area contributed by atoms with Gasteiger partial charge < -0.3 is 0 Å². The predicted octanol–water partition coefficient (Wildman–Crippen LogP) is 1.72. The largest absolute Gasteiger partial charge is 0.265 e. The average Bonchev–Trinajstić information content (AvgIpc) is 2.38. The van der Waals surface area contributed by atoms with Crippen molar-refractivity contribution in [3.63, 3.8) is 0 Å². The van der Waals surface area contributed by atoms with Crippen molar-refractivity contribution in [2.24, 2.45) is 0 Å². The van der Waals surface area contributed by atoms with Gasteiger partial charge in [0.25, 0.3) is 10.0 Å². The van der Waals surface area contributed by atoms with E-state index < -0.39 is 10.0 Å². The Morgan fingerprint density at radius 1 is 1.17 bits per heavy atom. The highest BCUT2D eigenvalue weighted by Crippen LogP contribution is 2.11. The first-order valence-electron chi connectivity index (χ1n) is 5.08. The lowest BCUT2D eigenvalue weighted by Gasteiger charge is -2.05. The van der Waals surface area contributed by atoms with E-state index in [1.807, 2.05) is 0 Å². The second-order valence-electron chi connectivity index (χ2n) is 3.49. The van der Waals surface area contributed by atoms with Crippen molar-refractivity contribution < 1.29 is 8.42 Å². The normalized spacial score (nSPS) is 11.4. The number of nitrogens with zero attached hydrogens (tertiary/aromatic N) is 2. The molecule has 0 aromatic carbocycles. The minimum absolute atomic E-state index is 0.000226. The Labute approximate surface area is 113 Å². The van der Waals surface area contributed by atoms with Crippen LogP contribution < -0.4 is 4.72 Å². The number of pyridine rings is 2. The SMILES string of the molecule is O=S(=O)(NCc1ccncc1)c1ccc(Br)cn1. The molecule has 2 rings (SSSR count). The summed E-state index contributed by atoms with van der Waals surface area (Å²) in [5.74, 6) is 0. The third kappa shape index (κ3) is 3.34. The van der Waals surface area contributed by atoms with Crippen LogP contribution in [-0.4, -0.2) is 18.4 Å². The van der Waals surface area contributed by atoms with E-state index in [0.29, 0.717) is 0 Å². The molecule has 0 spiro atoms. The summed E-state index contributed by atoms with van der Waals surface area (Å²) in [5, 5.41) is -0.000226. The number of halogens is 1. The molecule has 2 aromatic rings. The monoisotopic (exact) mass is 327 g/mol. The molecule has 0 fully saturated rings. The molecular weight excluding hydrogens is 318 g/mol. The molecule has 2 heterocycles. The number of hydrogen-bond donors (Lipinski definition) is 1. The van der Waals surface area contributed by atoms with Crippen molar-refractivity contribution in [2.75, 3.05) is 0 Å². The Hall–Kier alpha value is -1.31. The van der Waals surface area contributed by atoms with Gasteiger partial charge in [0.15, 0.2) is 5.03 Å². The highest BCUT2D eigenvalue weighted by atomic mass is 79.9. The van der Waals surface area contributed by atoms with Crippen LogP contribution in [0.3, 0.4) is 0 Å². The Morgan fingerprint density at radius 2 is 1.89 bits per heavy atom. The van der Waals surface area contributed by atoms with Gasteiger partial charge in [0.2, 0.25) is 0 Å². The van der Waals surface area contributed by atoms with Crippen molar-refractivity contribution in [2.45, 2.75) is 11.6 Å². The molecule has 5 nitrogen and oxygen atoms in total. The number of nitrogens with one attached hydrogen (secondary N) is 1. The molecule has 2 aromatic heterocycles. The van der Waals surface area contributed by atoms with Crippen LogP contribution in [0.25, 0.3) is 0 Å². The minimum atomic E-state index is -3.58. The predicted molar refractivity (Wildman–Crippen MR) is 70.2 cm³/mol. The zero-order valence-corrected chi connectivity index (χ0v) is 11.6. The average molecular weight is 328 g/mol. The molecule has 0 unspecified atom stereocenters. The van der Waals surface area contributed by atoms with Crippen LogP contribution in [-0.2, 0) is 16.6 Å². The fourth-order valence-corrected chi connectivity index (χ4v) is 2.45. The first-order chi connectivity index (χ1) is 8.58. The zero-order valence-electron chi connectivity index (χ0n) is 9.25. The van der Waals surface area contributed by atoms with Gasteiger partial charge in [-0.15, -0.1) is 0 Å². The molecule has 0 bridgehead atoms. The standard InChI is InChI=1S/C11H10BrN3O2S/c12-10-1-2-11(14-8-10)18(16,17)15-7-9-3-5-13-6-4-9/h1-6,8,15H,7H2. The van der Waals surface area contributed by atoms with Gasteiger partial charge in [0.1, 0.15) is 0 Å². The van der Waals surface area contributed by atoms with Crippen LogP contribution in [0.15, 0.2) is 52.4 Å². The summed E-state index contributed by atoms with van der Waals surface area (Å²) in [6.07, 6.45) is 4.67. The minimum Gasteiger partial charge on any atom is -0.265 e. The van der Waals surface area contributed by atoms with Crippen LogP contribution in [0.4, 0.5) is 0 Å². The molecular formula is C11H10BrN3O2S. The maximum absolute atomic E-state index is 11.9. The lowest BCUT2D eigenvalue weighted by molar-refractivity contribution is 0.577. The fraction of sp³-hybridized carbons (Fsp3) is 0.0909. The molecule has 0 aliphatic carbocycles. The highest BCUT2D eigenvalue weighted by Gasteiger charge is 2.14. The van der Waals surface area contributed by atoms with Crippen molar-refractivity contribution in [3.8, 4) is 0 Å². The number of aromatic nitrogens is 2. The number of sulfonamides is 1. The van der Waals surface area contributed by atoms with Gasteiger partial charge >= 0.3 is 0 Å². The fourth-order valence-electron chi connectivity index (χ4n) is 1.27. The van der Waals surface area contributed by atoms with E-state index in [1.54, 1.807) is 30.6 Å². The smallest absolute Gasteiger partial charge is 0.258 e. The molecule has 94 valence electrons. The van der Waals surface area contributed by atoms with E-state index in [9.17, 15) is 8.42 Å². The van der Waals surface area contributed by atoms with Gasteiger partial charge in [-0.3, -0.25) is 4.98 Å². The molecule has 0 saturated heterocycles. The molecule has 0 amide bonds. The second-order valence-corrected chi connectivity index (χ2v) is 6.12. The highest BCUT2D eigenvalue weighted by molar-refractivity contribution is 9.10. The van der Waals surface area contributed by atoms with E-state index in [-0.39, 0.29) is 11.6 Å². The molecule has 0 atom stereocenters. The van der Waals surface area contributed by atoms with Crippen LogP contribution in [0.5, 0.6) is 0 Å². The zero-order chi connectivity index (χ0) is 13.0. The van der Waals surface area contributed by atoms with E-state index in [4.69, 9.17) is 0 Å². The second kappa shape index (κ2) is 5.55. The maximum Gasteiger partial charge on any atom is 0.258 e. The lowest BCUT2D eigenvalue weighted by atomic mass is 10.3. The molecule has 0 radical (unpaired) electrons. The summed E-state index contributed by atoms with van der Waals surface area (Å²) in [5.41, 5.74) is 0.839. The molecule has 18 heavy (non-hydrogen) atoms. The summed E-state index contributed by atoms with van der Waals surface area (Å²) in [6, 6.07) is 6.57. The van der Waals surface area contributed by atoms with Crippen molar-refractivity contribution in [1.29, 1.82) is 0 Å². The molecule has 1 N–H and O–H groups in total. The van der Waals surface area contributed by atoms with Crippen molar-refractivity contribution >= 4 is 26.0 Å². The van der Waals surface area contributed by atoms with E-state index in [0.717, 1.165) is 10.0 Å². The van der Waals surface area contributed by atoms with E-state index >= 15 is 0 Å². The summed E-state index contributed by atoms with van der Waals surface area (Å²) < 4.78 is 27.0. The summed E-state index contributed by atoms with van der Waals surface area (Å²) >= 11 is 3.20. The third-order valence-corrected chi connectivity index (χ3v) is 3.98. The van der Waals surface area contributed by atoms with E-state index in [2.05, 4.69) is 30.6 Å². The van der Waals surface area contributed by atoms with Gasteiger partial charge in [-0.1, -0.05) is 0 Å². The number of hydrogen-bond acceptors (Lipinski definition) is 4. The quantitative estimate of drug-likeness (QED) is 0.928. The van der Waals surface area contributed by atoms with Crippen LogP contribution >= 0.6 is 15.9 Å². The van der Waals surface area contributed by atoms with E-state index in [1.165, 1.54) is 12.3 Å². The molecule has 7 heteroatoms. The lowest BCUT2D eigenvalue weighted by Crippen LogP contribution is -2.24. The Bertz CT molecular complexity index is 614. The van der Waals surface area contributed by atoms with Gasteiger partial charge in [-0.05, 0) is 45.8 Å². The summed E-state index contributed by atoms with van der Waals surface area (Å²) in [6.45, 7) is 0.211. The molecule has 0 aliphatic rings. The van der Waals surface area contributed by atoms with Gasteiger partial charge in [-0.2, -0.15) is 0 Å². The van der Waals surface area contributed by atoms with Crippen molar-refractivity contribution in [1.82, 2.24) is 14.7 Å². The van der Waals surface area contributed by atoms with Crippen LogP contribution in [0.2, 0.25) is 0 Å². The Morgan fingerprint density at radius 3 is 2.50 bits per heavy atom. The first kappa shape index (κ1) is 13.1. The van der Waals surface area contributed by atoms with Crippen LogP contribution in [0, 0.1) is 0 Å². The maximum atomic E-state index is 11.9. The van der Waals surface area contributed by atoms with Gasteiger partial charge in [0, 0.05) is 29.6 Å².